The largest absolute Gasteiger partial charge is 0.495 e. The van der Waals surface area contributed by atoms with Gasteiger partial charge in [0.15, 0.2) is 6.10 Å². The molecule has 0 radical (unpaired) electrons. The van der Waals surface area contributed by atoms with E-state index in [1.807, 2.05) is 30.3 Å². The second-order valence-corrected chi connectivity index (χ2v) is 5.80. The molecule has 5 nitrogen and oxygen atoms in total. The summed E-state index contributed by atoms with van der Waals surface area (Å²) in [6, 6.07) is 20.1. The summed E-state index contributed by atoms with van der Waals surface area (Å²) < 4.78 is 10.5. The molecule has 1 amide bonds. The Morgan fingerprint density at radius 1 is 0.923 bits per heavy atom. The number of hydrogen-bond acceptors (Lipinski definition) is 4. The van der Waals surface area contributed by atoms with E-state index in [1.54, 1.807) is 36.4 Å². The number of anilines is 1. The molecule has 0 saturated heterocycles. The number of esters is 1. The van der Waals surface area contributed by atoms with Gasteiger partial charge in [-0.15, -0.1) is 0 Å². The zero-order valence-electron chi connectivity index (χ0n) is 14.6. The summed E-state index contributed by atoms with van der Waals surface area (Å²) in [7, 11) is 1.52. The van der Waals surface area contributed by atoms with Crippen LogP contribution in [0.5, 0.6) is 5.75 Å². The van der Waals surface area contributed by atoms with Gasteiger partial charge in [0.2, 0.25) is 0 Å². The zero-order valence-corrected chi connectivity index (χ0v) is 14.6. The van der Waals surface area contributed by atoms with Crippen LogP contribution >= 0.6 is 0 Å². The number of benzene rings is 3. The lowest BCUT2D eigenvalue weighted by Gasteiger charge is -2.15. The molecule has 0 bridgehead atoms. The van der Waals surface area contributed by atoms with Gasteiger partial charge in [-0.05, 0) is 42.0 Å². The minimum Gasteiger partial charge on any atom is -0.495 e. The average Bonchev–Trinajstić information content (AvgIpc) is 2.67. The SMILES string of the molecule is COc1ccccc1NC(=O)[C@H](C)OC(=O)c1ccc2ccccc2c1. The molecule has 26 heavy (non-hydrogen) atoms. The number of hydrogen-bond donors (Lipinski definition) is 1. The molecule has 0 aliphatic heterocycles. The first kappa shape index (κ1) is 17.5. The van der Waals surface area contributed by atoms with E-state index in [0.29, 0.717) is 17.0 Å². The van der Waals surface area contributed by atoms with E-state index in [1.165, 1.54) is 14.0 Å². The Morgan fingerprint density at radius 2 is 1.62 bits per heavy atom. The fourth-order valence-corrected chi connectivity index (χ4v) is 2.58. The van der Waals surface area contributed by atoms with Gasteiger partial charge in [0.1, 0.15) is 5.75 Å². The van der Waals surface area contributed by atoms with Crippen molar-refractivity contribution in [2.24, 2.45) is 0 Å². The molecular weight excluding hydrogens is 330 g/mol. The van der Waals surface area contributed by atoms with Crippen molar-refractivity contribution >= 4 is 28.3 Å². The number of carbonyl (C=O) groups excluding carboxylic acids is 2. The van der Waals surface area contributed by atoms with Gasteiger partial charge >= 0.3 is 5.97 Å². The highest BCUT2D eigenvalue weighted by Gasteiger charge is 2.20. The van der Waals surface area contributed by atoms with Crippen molar-refractivity contribution in [3.05, 3.63) is 72.3 Å². The minimum atomic E-state index is -0.945. The molecule has 0 spiro atoms. The lowest BCUT2D eigenvalue weighted by molar-refractivity contribution is -0.123. The number of methoxy groups -OCH3 is 1. The van der Waals surface area contributed by atoms with Crippen LogP contribution in [0.3, 0.4) is 0 Å². The van der Waals surface area contributed by atoms with Crippen LogP contribution in [0.25, 0.3) is 10.8 Å². The number of fused-ring (bicyclic) bond motifs is 1. The molecule has 3 aromatic rings. The number of nitrogens with one attached hydrogen (secondary N) is 1. The first-order valence-electron chi connectivity index (χ1n) is 8.22. The highest BCUT2D eigenvalue weighted by atomic mass is 16.5. The second kappa shape index (κ2) is 7.70. The van der Waals surface area contributed by atoms with Gasteiger partial charge in [-0.25, -0.2) is 4.79 Å². The van der Waals surface area contributed by atoms with E-state index in [9.17, 15) is 9.59 Å². The fourth-order valence-electron chi connectivity index (χ4n) is 2.58. The standard InChI is InChI=1S/C21H19NO4/c1-14(20(23)22-18-9-5-6-10-19(18)25-2)26-21(24)17-12-11-15-7-3-4-8-16(15)13-17/h3-14H,1-2H3,(H,22,23)/t14-/m0/s1. The normalized spacial score (nSPS) is 11.6. The van der Waals surface area contributed by atoms with E-state index < -0.39 is 18.0 Å². The summed E-state index contributed by atoms with van der Waals surface area (Å²) in [6.07, 6.45) is -0.945. The monoisotopic (exact) mass is 349 g/mol. The Hall–Kier alpha value is -3.34. The topological polar surface area (TPSA) is 64.6 Å². The van der Waals surface area contributed by atoms with E-state index in [4.69, 9.17) is 9.47 Å². The molecule has 1 N–H and O–H groups in total. The Morgan fingerprint density at radius 3 is 2.38 bits per heavy atom. The summed E-state index contributed by atoms with van der Waals surface area (Å²) in [5.41, 5.74) is 0.925. The molecule has 0 heterocycles. The number of carbonyl (C=O) groups is 2. The van der Waals surface area contributed by atoms with Crippen LogP contribution in [-0.4, -0.2) is 25.1 Å². The van der Waals surface area contributed by atoms with Crippen LogP contribution in [0.1, 0.15) is 17.3 Å². The van der Waals surface area contributed by atoms with Crippen molar-refractivity contribution < 1.29 is 19.1 Å². The summed E-state index contributed by atoms with van der Waals surface area (Å²) in [6.45, 7) is 1.53. The number of amides is 1. The molecule has 3 aromatic carbocycles. The molecule has 0 fully saturated rings. The van der Waals surface area contributed by atoms with Crippen molar-refractivity contribution in [1.29, 1.82) is 0 Å². The molecule has 0 saturated carbocycles. The van der Waals surface area contributed by atoms with Crippen molar-refractivity contribution in [2.75, 3.05) is 12.4 Å². The van der Waals surface area contributed by atoms with Crippen molar-refractivity contribution in [3.63, 3.8) is 0 Å². The third-order valence-corrected chi connectivity index (χ3v) is 4.00. The van der Waals surface area contributed by atoms with Gasteiger partial charge in [-0.3, -0.25) is 4.79 Å². The summed E-state index contributed by atoms with van der Waals surface area (Å²) >= 11 is 0. The van der Waals surface area contributed by atoms with Crippen LogP contribution in [0, 0.1) is 0 Å². The van der Waals surface area contributed by atoms with Crippen LogP contribution in [0.15, 0.2) is 66.7 Å². The van der Waals surface area contributed by atoms with Crippen LogP contribution in [0.4, 0.5) is 5.69 Å². The molecule has 1 atom stereocenters. The predicted molar refractivity (Wildman–Crippen MR) is 100 cm³/mol. The lowest BCUT2D eigenvalue weighted by atomic mass is 10.1. The van der Waals surface area contributed by atoms with Gasteiger partial charge in [0, 0.05) is 0 Å². The molecule has 3 rings (SSSR count). The quantitative estimate of drug-likeness (QED) is 0.706. The van der Waals surface area contributed by atoms with Crippen LogP contribution in [-0.2, 0) is 9.53 Å². The second-order valence-electron chi connectivity index (χ2n) is 5.80. The molecule has 132 valence electrons. The van der Waals surface area contributed by atoms with Gasteiger partial charge in [-0.2, -0.15) is 0 Å². The molecule has 5 heteroatoms. The van der Waals surface area contributed by atoms with Gasteiger partial charge in [-0.1, -0.05) is 42.5 Å². The van der Waals surface area contributed by atoms with Crippen LogP contribution in [0.2, 0.25) is 0 Å². The van der Waals surface area contributed by atoms with Gasteiger partial charge in [0.05, 0.1) is 18.4 Å². The van der Waals surface area contributed by atoms with E-state index >= 15 is 0 Å². The van der Waals surface area contributed by atoms with E-state index in [0.717, 1.165) is 10.8 Å². The number of ether oxygens (including phenoxy) is 2. The predicted octanol–water partition coefficient (Wildman–Crippen LogP) is 4.03. The third kappa shape index (κ3) is 3.83. The molecule has 0 aliphatic carbocycles. The van der Waals surface area contributed by atoms with Gasteiger partial charge < -0.3 is 14.8 Å². The zero-order chi connectivity index (χ0) is 18.5. The Kier molecular flexibility index (Phi) is 5.17. The Labute approximate surface area is 151 Å². The minimum absolute atomic E-state index is 0.403. The number of para-hydroxylation sites is 2. The van der Waals surface area contributed by atoms with E-state index in [2.05, 4.69) is 5.32 Å². The highest BCUT2D eigenvalue weighted by Crippen LogP contribution is 2.23. The smallest absolute Gasteiger partial charge is 0.338 e. The van der Waals surface area contributed by atoms with Crippen molar-refractivity contribution in [1.82, 2.24) is 0 Å². The first-order chi connectivity index (χ1) is 12.6. The summed E-state index contributed by atoms with van der Waals surface area (Å²) in [4.78, 5) is 24.7. The first-order valence-corrected chi connectivity index (χ1v) is 8.22. The summed E-state index contributed by atoms with van der Waals surface area (Å²) in [5, 5.41) is 4.68. The molecule has 0 aromatic heterocycles. The van der Waals surface area contributed by atoms with E-state index in [-0.39, 0.29) is 0 Å². The Balaban J connectivity index is 1.68. The summed E-state index contributed by atoms with van der Waals surface area (Å²) in [5.74, 6) is -0.434. The molecular formula is C21H19NO4. The third-order valence-electron chi connectivity index (χ3n) is 4.00. The van der Waals surface area contributed by atoms with Crippen LogP contribution < -0.4 is 10.1 Å². The molecule has 0 unspecified atom stereocenters. The maximum absolute atomic E-state index is 12.4. The average molecular weight is 349 g/mol. The van der Waals surface area contributed by atoms with Crippen molar-refractivity contribution in [2.45, 2.75) is 13.0 Å². The van der Waals surface area contributed by atoms with Gasteiger partial charge in [0.25, 0.3) is 5.91 Å². The lowest BCUT2D eigenvalue weighted by Crippen LogP contribution is -2.30. The fraction of sp³-hybridized carbons (Fsp3) is 0.143. The Bertz CT molecular complexity index is 951. The highest BCUT2D eigenvalue weighted by molar-refractivity contribution is 5.99. The molecule has 0 aliphatic rings. The number of rotatable bonds is 5. The maximum Gasteiger partial charge on any atom is 0.338 e. The van der Waals surface area contributed by atoms with Crippen molar-refractivity contribution in [3.8, 4) is 5.75 Å². The maximum atomic E-state index is 12.4.